The Morgan fingerprint density at radius 1 is 1.27 bits per heavy atom. The predicted molar refractivity (Wildman–Crippen MR) is 88.4 cm³/mol. The Morgan fingerprint density at radius 2 is 2.00 bits per heavy atom. The summed E-state index contributed by atoms with van der Waals surface area (Å²) in [6, 6.07) is 10.4. The third-order valence-corrected chi connectivity index (χ3v) is 4.08. The maximum Gasteiger partial charge on any atom is 0.239 e. The number of amides is 1. The van der Waals surface area contributed by atoms with Crippen LogP contribution in [-0.2, 0) is 17.8 Å². The van der Waals surface area contributed by atoms with Gasteiger partial charge in [-0.25, -0.2) is 4.98 Å². The van der Waals surface area contributed by atoms with Gasteiger partial charge >= 0.3 is 0 Å². The van der Waals surface area contributed by atoms with E-state index in [9.17, 15) is 4.79 Å². The molecule has 1 unspecified atom stereocenters. The molecule has 1 heterocycles. The highest BCUT2D eigenvalue weighted by Crippen LogP contribution is 2.16. The number of benzene rings is 1. The number of hydrogen-bond donors (Lipinski definition) is 1. The summed E-state index contributed by atoms with van der Waals surface area (Å²) in [5, 5.41) is 3.06. The van der Waals surface area contributed by atoms with Crippen molar-refractivity contribution >= 4 is 5.91 Å². The highest BCUT2D eigenvalue weighted by molar-refractivity contribution is 5.75. The summed E-state index contributed by atoms with van der Waals surface area (Å²) in [5.74, 6) is 1.01. The number of aromatic nitrogens is 2. The molecule has 0 bridgehead atoms. The van der Waals surface area contributed by atoms with Gasteiger partial charge in [-0.1, -0.05) is 44.2 Å². The van der Waals surface area contributed by atoms with Crippen LogP contribution < -0.4 is 5.32 Å². The largest absolute Gasteiger partial charge is 0.354 e. The van der Waals surface area contributed by atoms with Gasteiger partial charge in [0.05, 0.1) is 6.33 Å². The fraction of sp³-hybridized carbons (Fsp3) is 0.444. The van der Waals surface area contributed by atoms with Gasteiger partial charge in [0, 0.05) is 18.4 Å². The molecule has 1 aromatic carbocycles. The van der Waals surface area contributed by atoms with E-state index in [0.29, 0.717) is 24.9 Å². The van der Waals surface area contributed by atoms with Crippen LogP contribution in [0.25, 0.3) is 0 Å². The zero-order valence-corrected chi connectivity index (χ0v) is 13.6. The Balaban J connectivity index is 1.86. The topological polar surface area (TPSA) is 46.9 Å². The second kappa shape index (κ2) is 7.78. The van der Waals surface area contributed by atoms with Crippen molar-refractivity contribution in [2.24, 2.45) is 11.8 Å². The first-order chi connectivity index (χ1) is 10.6. The maximum absolute atomic E-state index is 12.1. The summed E-state index contributed by atoms with van der Waals surface area (Å²) in [6.07, 6.45) is 4.45. The van der Waals surface area contributed by atoms with Gasteiger partial charge in [0.25, 0.3) is 0 Å². The van der Waals surface area contributed by atoms with E-state index < -0.39 is 0 Å². The molecule has 2 rings (SSSR count). The van der Waals surface area contributed by atoms with E-state index in [1.54, 1.807) is 12.5 Å². The first-order valence-electron chi connectivity index (χ1n) is 7.83. The zero-order chi connectivity index (χ0) is 15.9. The average Bonchev–Trinajstić information content (AvgIpc) is 2.89. The fourth-order valence-electron chi connectivity index (χ4n) is 2.47. The van der Waals surface area contributed by atoms with Gasteiger partial charge in [-0.3, -0.25) is 4.79 Å². The first-order valence-corrected chi connectivity index (χ1v) is 7.83. The molecule has 1 N–H and O–H groups in total. The minimum atomic E-state index is 0.0415. The number of imidazole rings is 1. The quantitative estimate of drug-likeness (QED) is 0.854. The Hall–Kier alpha value is -2.10. The molecular weight excluding hydrogens is 274 g/mol. The van der Waals surface area contributed by atoms with Crippen molar-refractivity contribution in [3.05, 3.63) is 54.1 Å². The molecule has 1 atom stereocenters. The summed E-state index contributed by atoms with van der Waals surface area (Å²) in [7, 11) is 0. The Labute approximate surface area is 132 Å². The van der Waals surface area contributed by atoms with Crippen LogP contribution in [0.1, 0.15) is 25.1 Å². The Kier molecular flexibility index (Phi) is 5.75. The van der Waals surface area contributed by atoms with Crippen molar-refractivity contribution in [1.29, 1.82) is 0 Å². The van der Waals surface area contributed by atoms with E-state index in [1.165, 1.54) is 5.56 Å². The molecule has 1 amide bonds. The molecule has 1 aromatic heterocycles. The molecule has 0 saturated heterocycles. The number of nitrogens with one attached hydrogen (secondary N) is 1. The lowest BCUT2D eigenvalue weighted by molar-refractivity contribution is -0.121. The highest BCUT2D eigenvalue weighted by Gasteiger charge is 2.15. The Morgan fingerprint density at radius 3 is 2.59 bits per heavy atom. The summed E-state index contributed by atoms with van der Waals surface area (Å²) >= 11 is 0. The monoisotopic (exact) mass is 299 g/mol. The van der Waals surface area contributed by atoms with Crippen molar-refractivity contribution in [3.63, 3.8) is 0 Å². The second-order valence-electron chi connectivity index (χ2n) is 6.16. The third kappa shape index (κ3) is 4.72. The van der Waals surface area contributed by atoms with E-state index in [4.69, 9.17) is 0 Å². The number of carbonyl (C=O) groups is 1. The molecule has 118 valence electrons. The van der Waals surface area contributed by atoms with Crippen LogP contribution in [0.5, 0.6) is 0 Å². The number of hydrogen-bond acceptors (Lipinski definition) is 2. The molecular formula is C18H25N3O. The summed E-state index contributed by atoms with van der Waals surface area (Å²) in [4.78, 5) is 16.1. The van der Waals surface area contributed by atoms with E-state index in [1.807, 2.05) is 17.6 Å². The Bertz CT molecular complexity index is 589. The van der Waals surface area contributed by atoms with Crippen molar-refractivity contribution in [3.8, 4) is 0 Å². The molecule has 22 heavy (non-hydrogen) atoms. The smallest absolute Gasteiger partial charge is 0.239 e. The zero-order valence-electron chi connectivity index (χ0n) is 13.6. The molecule has 2 aromatic rings. The van der Waals surface area contributed by atoms with Crippen LogP contribution >= 0.6 is 0 Å². The predicted octanol–water partition coefficient (Wildman–Crippen LogP) is 2.82. The van der Waals surface area contributed by atoms with E-state index in [2.05, 4.69) is 48.4 Å². The van der Waals surface area contributed by atoms with Crippen molar-refractivity contribution in [1.82, 2.24) is 14.9 Å². The van der Waals surface area contributed by atoms with Crippen molar-refractivity contribution < 1.29 is 4.79 Å². The standard InChI is InChI=1S/C18H25N3O/c1-14(2)17(9-16-7-5-4-6-8-16)11-20-18(22)12-21-13-19-10-15(21)3/h4-8,10,13-14,17H,9,11-12H2,1-3H3,(H,20,22). The van der Waals surface area contributed by atoms with E-state index in [0.717, 1.165) is 12.1 Å². The normalized spacial score (nSPS) is 12.4. The number of aryl methyl sites for hydroxylation is 1. The van der Waals surface area contributed by atoms with Crippen molar-refractivity contribution in [2.45, 2.75) is 33.7 Å². The van der Waals surface area contributed by atoms with Gasteiger partial charge < -0.3 is 9.88 Å². The van der Waals surface area contributed by atoms with E-state index in [-0.39, 0.29) is 5.91 Å². The number of nitrogens with zero attached hydrogens (tertiary/aromatic N) is 2. The third-order valence-electron chi connectivity index (χ3n) is 4.08. The summed E-state index contributed by atoms with van der Waals surface area (Å²) < 4.78 is 1.86. The minimum Gasteiger partial charge on any atom is -0.354 e. The lowest BCUT2D eigenvalue weighted by Crippen LogP contribution is -2.34. The van der Waals surface area contributed by atoms with Crippen LogP contribution in [0.15, 0.2) is 42.9 Å². The lowest BCUT2D eigenvalue weighted by atomic mass is 9.89. The van der Waals surface area contributed by atoms with Crippen molar-refractivity contribution in [2.75, 3.05) is 6.54 Å². The molecule has 4 heteroatoms. The molecule has 4 nitrogen and oxygen atoms in total. The molecule has 0 radical (unpaired) electrons. The minimum absolute atomic E-state index is 0.0415. The van der Waals surface area contributed by atoms with Gasteiger partial charge in [0.1, 0.15) is 6.54 Å². The number of carbonyl (C=O) groups excluding carboxylic acids is 1. The molecule has 0 aliphatic rings. The first kappa shape index (κ1) is 16.3. The van der Waals surface area contributed by atoms with Crippen LogP contribution in [0, 0.1) is 18.8 Å². The van der Waals surface area contributed by atoms with Gasteiger partial charge in [0.2, 0.25) is 5.91 Å². The lowest BCUT2D eigenvalue weighted by Gasteiger charge is -2.21. The SMILES string of the molecule is Cc1cncn1CC(=O)NCC(Cc1ccccc1)C(C)C. The van der Waals surface area contributed by atoms with Gasteiger partial charge in [-0.15, -0.1) is 0 Å². The number of rotatable bonds is 7. The molecule has 0 spiro atoms. The van der Waals surface area contributed by atoms with Crippen LogP contribution in [0.2, 0.25) is 0 Å². The molecule has 0 aliphatic carbocycles. The highest BCUT2D eigenvalue weighted by atomic mass is 16.1. The van der Waals surface area contributed by atoms with Crippen LogP contribution in [0.4, 0.5) is 0 Å². The fourth-order valence-corrected chi connectivity index (χ4v) is 2.47. The van der Waals surface area contributed by atoms with Gasteiger partial charge in [-0.05, 0) is 30.7 Å². The van der Waals surface area contributed by atoms with Gasteiger partial charge in [-0.2, -0.15) is 0 Å². The molecule has 0 fully saturated rings. The van der Waals surface area contributed by atoms with Crippen LogP contribution in [-0.4, -0.2) is 22.0 Å². The average molecular weight is 299 g/mol. The molecule has 0 saturated carbocycles. The van der Waals surface area contributed by atoms with Gasteiger partial charge in [0.15, 0.2) is 0 Å². The maximum atomic E-state index is 12.1. The van der Waals surface area contributed by atoms with Crippen LogP contribution in [0.3, 0.4) is 0 Å². The summed E-state index contributed by atoms with van der Waals surface area (Å²) in [6.45, 7) is 7.41. The van der Waals surface area contributed by atoms with E-state index >= 15 is 0 Å². The molecule has 0 aliphatic heterocycles. The second-order valence-corrected chi connectivity index (χ2v) is 6.16. The summed E-state index contributed by atoms with van der Waals surface area (Å²) in [5.41, 5.74) is 2.32.